The molecular formula is C20H22N2O6S2. The Labute approximate surface area is 179 Å². The number of benzene rings is 2. The number of amides is 1. The van der Waals surface area contributed by atoms with E-state index in [1.54, 1.807) is 12.1 Å². The Kier molecular flexibility index (Phi) is 7.01. The number of esters is 1. The summed E-state index contributed by atoms with van der Waals surface area (Å²) in [7, 11) is -3.76. The third kappa shape index (κ3) is 4.94. The number of hydrogen-bond donors (Lipinski definition) is 2. The lowest BCUT2D eigenvalue weighted by Gasteiger charge is -2.16. The van der Waals surface area contributed by atoms with Gasteiger partial charge in [0.05, 0.1) is 10.6 Å². The number of ether oxygens (including phenoxy) is 1. The van der Waals surface area contributed by atoms with Crippen LogP contribution >= 0.6 is 11.8 Å². The number of phenolic OH excluding ortho intramolecular Hbond substituents is 1. The first-order valence-corrected chi connectivity index (χ1v) is 11.9. The van der Waals surface area contributed by atoms with Gasteiger partial charge < -0.3 is 15.2 Å². The highest BCUT2D eigenvalue weighted by atomic mass is 32.2. The SMILES string of the molecule is CSc1ccccc1NC(=O)COC(=O)c1cc(S(=O)(=O)N2CCCC2)ccc1O. The molecule has 10 heteroatoms. The zero-order valence-corrected chi connectivity index (χ0v) is 18.0. The van der Waals surface area contributed by atoms with E-state index in [1.165, 1.54) is 22.1 Å². The molecule has 2 aromatic carbocycles. The highest BCUT2D eigenvalue weighted by Gasteiger charge is 2.28. The summed E-state index contributed by atoms with van der Waals surface area (Å²) < 4.78 is 31.7. The van der Waals surface area contributed by atoms with Crippen LogP contribution < -0.4 is 5.32 Å². The predicted molar refractivity (Wildman–Crippen MR) is 113 cm³/mol. The molecule has 1 aliphatic rings. The average molecular weight is 451 g/mol. The van der Waals surface area contributed by atoms with Crippen LogP contribution in [0.3, 0.4) is 0 Å². The van der Waals surface area contributed by atoms with Gasteiger partial charge in [-0.05, 0) is 49.4 Å². The fraction of sp³-hybridized carbons (Fsp3) is 0.300. The van der Waals surface area contributed by atoms with Gasteiger partial charge in [0.25, 0.3) is 5.91 Å². The van der Waals surface area contributed by atoms with Crippen LogP contribution in [0.4, 0.5) is 5.69 Å². The van der Waals surface area contributed by atoms with Gasteiger partial charge in [0.2, 0.25) is 10.0 Å². The minimum absolute atomic E-state index is 0.104. The summed E-state index contributed by atoms with van der Waals surface area (Å²) in [5, 5.41) is 12.6. The molecule has 0 saturated carbocycles. The summed E-state index contributed by atoms with van der Waals surface area (Å²) in [5.41, 5.74) is 0.278. The topological polar surface area (TPSA) is 113 Å². The molecule has 2 aromatic rings. The van der Waals surface area contributed by atoms with E-state index in [2.05, 4.69) is 5.32 Å². The third-order valence-corrected chi connectivity index (χ3v) is 7.30. The van der Waals surface area contributed by atoms with Gasteiger partial charge in [-0.25, -0.2) is 13.2 Å². The molecule has 0 atom stereocenters. The van der Waals surface area contributed by atoms with Crippen molar-refractivity contribution in [1.82, 2.24) is 4.31 Å². The van der Waals surface area contributed by atoms with Gasteiger partial charge in [-0.1, -0.05) is 12.1 Å². The molecule has 1 heterocycles. The van der Waals surface area contributed by atoms with Gasteiger partial charge in [-0.3, -0.25) is 4.79 Å². The van der Waals surface area contributed by atoms with E-state index in [0.717, 1.165) is 29.9 Å². The standard InChI is InChI=1S/C20H22N2O6S2/c1-29-18-7-3-2-6-16(18)21-19(24)13-28-20(25)15-12-14(8-9-17(15)23)30(26,27)22-10-4-5-11-22/h2-3,6-9,12,23H,4-5,10-11,13H2,1H3,(H,21,24). The van der Waals surface area contributed by atoms with Crippen molar-refractivity contribution in [3.8, 4) is 5.75 Å². The Morgan fingerprint density at radius 2 is 1.87 bits per heavy atom. The summed E-state index contributed by atoms with van der Waals surface area (Å²) in [4.78, 5) is 25.3. The number of sulfonamides is 1. The molecule has 160 valence electrons. The molecule has 1 saturated heterocycles. The van der Waals surface area contributed by atoms with Gasteiger partial charge >= 0.3 is 5.97 Å². The van der Waals surface area contributed by atoms with E-state index in [-0.39, 0.29) is 10.5 Å². The average Bonchev–Trinajstić information content (AvgIpc) is 3.28. The summed E-state index contributed by atoms with van der Waals surface area (Å²) >= 11 is 1.46. The van der Waals surface area contributed by atoms with E-state index >= 15 is 0 Å². The van der Waals surface area contributed by atoms with Gasteiger partial charge in [0, 0.05) is 18.0 Å². The normalized spacial score (nSPS) is 14.4. The van der Waals surface area contributed by atoms with Gasteiger partial charge in [-0.15, -0.1) is 11.8 Å². The number of anilines is 1. The van der Waals surface area contributed by atoms with Crippen LogP contribution in [0.5, 0.6) is 5.75 Å². The molecule has 0 aromatic heterocycles. The smallest absolute Gasteiger partial charge is 0.342 e. The van der Waals surface area contributed by atoms with Crippen molar-refractivity contribution in [3.63, 3.8) is 0 Å². The molecule has 30 heavy (non-hydrogen) atoms. The Morgan fingerprint density at radius 1 is 1.17 bits per heavy atom. The second kappa shape index (κ2) is 9.50. The number of rotatable bonds is 7. The van der Waals surface area contributed by atoms with Crippen LogP contribution in [-0.4, -0.2) is 55.7 Å². The quantitative estimate of drug-likeness (QED) is 0.492. The summed E-state index contributed by atoms with van der Waals surface area (Å²) in [6.45, 7) is 0.255. The lowest BCUT2D eigenvalue weighted by Crippen LogP contribution is -2.28. The summed E-state index contributed by atoms with van der Waals surface area (Å²) in [6, 6.07) is 10.6. The molecule has 0 radical (unpaired) electrons. The fourth-order valence-corrected chi connectivity index (χ4v) is 5.16. The molecule has 0 bridgehead atoms. The Morgan fingerprint density at radius 3 is 2.57 bits per heavy atom. The lowest BCUT2D eigenvalue weighted by molar-refractivity contribution is -0.119. The molecule has 8 nitrogen and oxygen atoms in total. The van der Waals surface area contributed by atoms with Crippen molar-refractivity contribution in [2.75, 3.05) is 31.3 Å². The fourth-order valence-electron chi connectivity index (χ4n) is 3.06. The van der Waals surface area contributed by atoms with Crippen molar-refractivity contribution >= 4 is 39.3 Å². The Hall–Kier alpha value is -2.56. The molecule has 3 rings (SSSR count). The van der Waals surface area contributed by atoms with Crippen LogP contribution in [0, 0.1) is 0 Å². The number of aromatic hydroxyl groups is 1. The number of para-hydroxylation sites is 1. The monoisotopic (exact) mass is 450 g/mol. The van der Waals surface area contributed by atoms with Crippen LogP contribution in [0.25, 0.3) is 0 Å². The maximum Gasteiger partial charge on any atom is 0.342 e. The molecule has 1 amide bonds. The van der Waals surface area contributed by atoms with Crippen LogP contribution in [0.2, 0.25) is 0 Å². The molecular weight excluding hydrogens is 428 g/mol. The maximum atomic E-state index is 12.7. The van der Waals surface area contributed by atoms with Crippen LogP contribution in [0.1, 0.15) is 23.2 Å². The number of carbonyl (C=O) groups is 2. The Balaban J connectivity index is 1.68. The molecule has 1 fully saturated rings. The second-order valence-electron chi connectivity index (χ2n) is 6.61. The molecule has 0 spiro atoms. The molecule has 2 N–H and O–H groups in total. The summed E-state index contributed by atoms with van der Waals surface area (Å²) in [6.07, 6.45) is 3.43. The number of nitrogens with one attached hydrogen (secondary N) is 1. The van der Waals surface area contributed by atoms with Crippen LogP contribution in [-0.2, 0) is 19.6 Å². The number of phenols is 1. The molecule has 1 aliphatic heterocycles. The van der Waals surface area contributed by atoms with E-state index in [4.69, 9.17) is 4.74 Å². The third-order valence-electron chi connectivity index (χ3n) is 4.61. The minimum atomic E-state index is -3.76. The lowest BCUT2D eigenvalue weighted by atomic mass is 10.2. The van der Waals surface area contributed by atoms with Crippen molar-refractivity contribution < 1.29 is 27.9 Å². The zero-order chi connectivity index (χ0) is 21.7. The number of hydrogen-bond acceptors (Lipinski definition) is 7. The minimum Gasteiger partial charge on any atom is -0.507 e. The zero-order valence-electron chi connectivity index (χ0n) is 16.3. The van der Waals surface area contributed by atoms with Gasteiger partial charge in [-0.2, -0.15) is 4.31 Å². The first-order valence-electron chi connectivity index (χ1n) is 9.26. The first kappa shape index (κ1) is 22.1. The van der Waals surface area contributed by atoms with Crippen LogP contribution in [0.15, 0.2) is 52.3 Å². The maximum absolute atomic E-state index is 12.7. The van der Waals surface area contributed by atoms with Gasteiger partial charge in [0.15, 0.2) is 6.61 Å². The second-order valence-corrected chi connectivity index (χ2v) is 9.40. The van der Waals surface area contributed by atoms with Crippen molar-refractivity contribution in [2.24, 2.45) is 0 Å². The number of nitrogens with zero attached hydrogens (tertiary/aromatic N) is 1. The van der Waals surface area contributed by atoms with E-state index in [1.807, 2.05) is 18.4 Å². The highest BCUT2D eigenvalue weighted by molar-refractivity contribution is 7.98. The van der Waals surface area contributed by atoms with E-state index < -0.39 is 34.3 Å². The van der Waals surface area contributed by atoms with E-state index in [9.17, 15) is 23.1 Å². The number of carbonyl (C=O) groups excluding carboxylic acids is 2. The van der Waals surface area contributed by atoms with E-state index in [0.29, 0.717) is 18.8 Å². The highest BCUT2D eigenvalue weighted by Crippen LogP contribution is 2.27. The largest absolute Gasteiger partial charge is 0.507 e. The first-order chi connectivity index (χ1) is 14.3. The summed E-state index contributed by atoms with van der Waals surface area (Å²) in [5.74, 6) is -1.96. The molecule has 0 aliphatic carbocycles. The van der Waals surface area contributed by atoms with Crippen molar-refractivity contribution in [3.05, 3.63) is 48.0 Å². The van der Waals surface area contributed by atoms with Crippen molar-refractivity contribution in [1.29, 1.82) is 0 Å². The van der Waals surface area contributed by atoms with Gasteiger partial charge in [0.1, 0.15) is 11.3 Å². The predicted octanol–water partition coefficient (Wildman–Crippen LogP) is 2.69. The number of thioether (sulfide) groups is 1. The molecule has 0 unspecified atom stereocenters. The van der Waals surface area contributed by atoms with Crippen molar-refractivity contribution in [2.45, 2.75) is 22.6 Å². The Bertz CT molecular complexity index is 1050.